The summed E-state index contributed by atoms with van der Waals surface area (Å²) in [5, 5.41) is 9.41. The molecule has 18 heavy (non-hydrogen) atoms. The van der Waals surface area contributed by atoms with Crippen LogP contribution in [-0.2, 0) is 18.3 Å². The highest BCUT2D eigenvalue weighted by Crippen LogP contribution is 2.19. The van der Waals surface area contributed by atoms with Crippen molar-refractivity contribution in [3.63, 3.8) is 0 Å². The molecule has 0 aliphatic rings. The molecule has 1 heterocycles. The molecule has 0 unspecified atom stereocenters. The maximum absolute atomic E-state index is 12.3. The van der Waals surface area contributed by atoms with Crippen molar-refractivity contribution >= 4 is 32.8 Å². The molecule has 5 heteroatoms. The fourth-order valence-electron chi connectivity index (χ4n) is 2.05. The second-order valence-electron chi connectivity index (χ2n) is 4.18. The molecule has 1 N–H and O–H groups in total. The van der Waals surface area contributed by atoms with E-state index in [0.717, 1.165) is 9.99 Å². The van der Waals surface area contributed by atoms with Gasteiger partial charge in [-0.1, -0.05) is 15.9 Å². The van der Waals surface area contributed by atoms with Crippen molar-refractivity contribution in [3.05, 3.63) is 44.2 Å². The number of aliphatic carboxylic acids is 1. The van der Waals surface area contributed by atoms with Gasteiger partial charge in [0.15, 0.2) is 5.43 Å². The number of halogens is 1. The Hall–Kier alpha value is -1.62. The van der Waals surface area contributed by atoms with Gasteiger partial charge in [0.2, 0.25) is 0 Å². The second kappa shape index (κ2) is 4.57. The molecule has 0 bridgehead atoms. The molecule has 0 radical (unpaired) electrons. The van der Waals surface area contributed by atoms with Crippen LogP contribution in [0.4, 0.5) is 0 Å². The van der Waals surface area contributed by atoms with Crippen molar-refractivity contribution < 1.29 is 9.90 Å². The van der Waals surface area contributed by atoms with E-state index >= 15 is 0 Å². The summed E-state index contributed by atoms with van der Waals surface area (Å²) in [6.45, 7) is 1.77. The zero-order valence-corrected chi connectivity index (χ0v) is 11.6. The Morgan fingerprint density at radius 1 is 1.44 bits per heavy atom. The van der Waals surface area contributed by atoms with Crippen LogP contribution in [0, 0.1) is 6.92 Å². The number of hydrogen-bond donors (Lipinski definition) is 1. The van der Waals surface area contributed by atoms with Crippen LogP contribution in [0.25, 0.3) is 10.9 Å². The van der Waals surface area contributed by atoms with E-state index in [9.17, 15) is 9.59 Å². The van der Waals surface area contributed by atoms with Crippen molar-refractivity contribution in [3.8, 4) is 0 Å². The summed E-state index contributed by atoms with van der Waals surface area (Å²) in [6, 6.07) is 5.43. The summed E-state index contributed by atoms with van der Waals surface area (Å²) in [7, 11) is 1.83. The number of pyridine rings is 1. The van der Waals surface area contributed by atoms with Crippen LogP contribution in [0.3, 0.4) is 0 Å². The Morgan fingerprint density at radius 2 is 2.11 bits per heavy atom. The average Bonchev–Trinajstić information content (AvgIpc) is 2.31. The van der Waals surface area contributed by atoms with Gasteiger partial charge in [-0.25, -0.2) is 0 Å². The number of rotatable bonds is 2. The van der Waals surface area contributed by atoms with E-state index in [4.69, 9.17) is 5.11 Å². The predicted molar refractivity (Wildman–Crippen MR) is 73.0 cm³/mol. The van der Waals surface area contributed by atoms with Gasteiger partial charge in [0.1, 0.15) is 0 Å². The van der Waals surface area contributed by atoms with Crippen LogP contribution >= 0.6 is 15.9 Å². The van der Waals surface area contributed by atoms with Crippen molar-refractivity contribution in [2.24, 2.45) is 7.05 Å². The number of carbonyl (C=O) groups is 1. The van der Waals surface area contributed by atoms with Gasteiger partial charge in [-0.05, 0) is 25.1 Å². The van der Waals surface area contributed by atoms with Crippen LogP contribution in [0.2, 0.25) is 0 Å². The lowest BCUT2D eigenvalue weighted by molar-refractivity contribution is -0.136. The van der Waals surface area contributed by atoms with Crippen molar-refractivity contribution in [1.82, 2.24) is 4.57 Å². The lowest BCUT2D eigenvalue weighted by atomic mass is 10.1. The van der Waals surface area contributed by atoms with Gasteiger partial charge in [-0.2, -0.15) is 0 Å². The normalized spacial score (nSPS) is 10.8. The Kier molecular flexibility index (Phi) is 3.26. The minimum absolute atomic E-state index is 0.204. The molecule has 0 fully saturated rings. The fraction of sp³-hybridized carbons (Fsp3) is 0.231. The van der Waals surface area contributed by atoms with E-state index in [1.165, 1.54) is 0 Å². The summed E-state index contributed by atoms with van der Waals surface area (Å²) in [5.74, 6) is -0.996. The second-order valence-corrected chi connectivity index (χ2v) is 5.10. The number of carboxylic acid groups (broad SMARTS) is 1. The van der Waals surface area contributed by atoms with Gasteiger partial charge in [-0.15, -0.1) is 0 Å². The smallest absolute Gasteiger partial charge is 0.308 e. The first kappa shape index (κ1) is 12.8. The monoisotopic (exact) mass is 309 g/mol. The SMILES string of the molecule is Cc1c(CC(=O)O)c(=O)c2cc(Br)ccc2n1C. The molecule has 0 saturated heterocycles. The highest BCUT2D eigenvalue weighted by Gasteiger charge is 2.14. The third-order valence-corrected chi connectivity index (χ3v) is 3.60. The van der Waals surface area contributed by atoms with Crippen LogP contribution in [-0.4, -0.2) is 15.6 Å². The van der Waals surface area contributed by atoms with Crippen LogP contribution in [0.15, 0.2) is 27.5 Å². The van der Waals surface area contributed by atoms with Gasteiger partial charge in [0.25, 0.3) is 0 Å². The highest BCUT2D eigenvalue weighted by atomic mass is 79.9. The zero-order valence-electron chi connectivity index (χ0n) is 10.0. The number of hydrogen-bond acceptors (Lipinski definition) is 2. The maximum atomic E-state index is 12.3. The van der Waals surface area contributed by atoms with E-state index in [0.29, 0.717) is 16.6 Å². The fourth-order valence-corrected chi connectivity index (χ4v) is 2.41. The summed E-state index contributed by atoms with van der Waals surface area (Å²) in [6.07, 6.45) is -0.249. The van der Waals surface area contributed by atoms with Gasteiger partial charge in [0, 0.05) is 28.2 Å². The first-order chi connectivity index (χ1) is 8.41. The quantitative estimate of drug-likeness (QED) is 0.925. The molecule has 4 nitrogen and oxygen atoms in total. The molecule has 0 atom stereocenters. The molecule has 2 rings (SSSR count). The molecular formula is C13H12BrNO3. The van der Waals surface area contributed by atoms with Crippen LogP contribution in [0.1, 0.15) is 11.3 Å². The van der Waals surface area contributed by atoms with E-state index < -0.39 is 5.97 Å². The Bertz CT molecular complexity index is 703. The third kappa shape index (κ3) is 2.06. The molecule has 1 aromatic heterocycles. The van der Waals surface area contributed by atoms with Crippen molar-refractivity contribution in [2.45, 2.75) is 13.3 Å². The third-order valence-electron chi connectivity index (χ3n) is 3.11. The van der Waals surface area contributed by atoms with E-state index in [-0.39, 0.29) is 11.8 Å². The summed E-state index contributed by atoms with van der Waals surface area (Å²) < 4.78 is 2.65. The summed E-state index contributed by atoms with van der Waals surface area (Å²) in [4.78, 5) is 23.1. The molecule has 0 spiro atoms. The Morgan fingerprint density at radius 3 is 2.72 bits per heavy atom. The minimum atomic E-state index is -0.996. The molecule has 94 valence electrons. The van der Waals surface area contributed by atoms with Gasteiger partial charge >= 0.3 is 5.97 Å². The van der Waals surface area contributed by atoms with Gasteiger partial charge < -0.3 is 9.67 Å². The molecule has 2 aromatic rings. The molecule has 0 aliphatic heterocycles. The van der Waals surface area contributed by atoms with Crippen LogP contribution in [0.5, 0.6) is 0 Å². The summed E-state index contributed by atoms with van der Waals surface area (Å²) >= 11 is 3.32. The Labute approximate surface area is 112 Å². The molecule has 1 aromatic carbocycles. The van der Waals surface area contributed by atoms with Crippen molar-refractivity contribution in [1.29, 1.82) is 0 Å². The standard InChI is InChI=1S/C13H12BrNO3/c1-7-9(6-12(16)17)13(18)10-5-8(14)3-4-11(10)15(7)2/h3-5H,6H2,1-2H3,(H,16,17). The average molecular weight is 310 g/mol. The minimum Gasteiger partial charge on any atom is -0.481 e. The number of nitrogens with zero attached hydrogens (tertiary/aromatic N) is 1. The number of carboxylic acids is 1. The van der Waals surface area contributed by atoms with Gasteiger partial charge in [0.05, 0.1) is 11.9 Å². The zero-order chi connectivity index (χ0) is 13.4. The largest absolute Gasteiger partial charge is 0.481 e. The lowest BCUT2D eigenvalue weighted by Gasteiger charge is -2.13. The summed E-state index contributed by atoms with van der Waals surface area (Å²) in [5.41, 5.74) is 1.63. The van der Waals surface area contributed by atoms with Crippen molar-refractivity contribution in [2.75, 3.05) is 0 Å². The molecular weight excluding hydrogens is 298 g/mol. The topological polar surface area (TPSA) is 59.3 Å². The number of aryl methyl sites for hydroxylation is 1. The molecule has 0 saturated carbocycles. The Balaban J connectivity index is 2.88. The number of aromatic nitrogens is 1. The lowest BCUT2D eigenvalue weighted by Crippen LogP contribution is -2.20. The van der Waals surface area contributed by atoms with Crippen LogP contribution < -0.4 is 5.43 Å². The van der Waals surface area contributed by atoms with E-state index in [1.54, 1.807) is 13.0 Å². The first-order valence-corrected chi connectivity index (χ1v) is 6.20. The maximum Gasteiger partial charge on any atom is 0.308 e. The molecule has 0 aliphatic carbocycles. The number of fused-ring (bicyclic) bond motifs is 1. The number of benzene rings is 1. The highest BCUT2D eigenvalue weighted by molar-refractivity contribution is 9.10. The van der Waals surface area contributed by atoms with E-state index in [1.807, 2.05) is 23.7 Å². The van der Waals surface area contributed by atoms with E-state index in [2.05, 4.69) is 15.9 Å². The molecule has 0 amide bonds. The predicted octanol–water partition coefficient (Wildman–Crippen LogP) is 2.24. The first-order valence-electron chi connectivity index (χ1n) is 5.41. The van der Waals surface area contributed by atoms with Gasteiger partial charge in [-0.3, -0.25) is 9.59 Å².